The number of ether oxygens (including phenoxy) is 2. The minimum Gasteiger partial charge on any atom is -0.462 e. The minimum atomic E-state index is -4.37. The Labute approximate surface area is 293 Å². The van der Waals surface area contributed by atoms with E-state index in [1.165, 1.54) is 89.9 Å². The molecule has 1 rings (SSSR count). The van der Waals surface area contributed by atoms with Crippen LogP contribution >= 0.6 is 7.82 Å². The zero-order valence-corrected chi connectivity index (χ0v) is 31.6. The summed E-state index contributed by atoms with van der Waals surface area (Å²) in [6.07, 6.45) is 31.4. The lowest BCUT2D eigenvalue weighted by atomic mass is 10.0. The van der Waals surface area contributed by atoms with E-state index in [9.17, 15) is 19.0 Å². The average molecular weight is 702 g/mol. The summed E-state index contributed by atoms with van der Waals surface area (Å²) in [4.78, 5) is 34.8. The molecule has 0 aromatic carbocycles. The monoisotopic (exact) mass is 701 g/mol. The molecule has 0 spiro atoms. The first kappa shape index (κ1) is 44.8. The fourth-order valence-corrected chi connectivity index (χ4v) is 6.81. The number of rotatable bonds is 35. The number of phosphoric ester groups is 1. The molecule has 0 heterocycles. The van der Waals surface area contributed by atoms with Crippen molar-refractivity contribution >= 4 is 19.8 Å². The van der Waals surface area contributed by atoms with Crippen molar-refractivity contribution < 1.29 is 37.6 Å². The molecule has 0 radical (unpaired) electrons. The molecule has 1 fully saturated rings. The van der Waals surface area contributed by atoms with Crippen molar-refractivity contribution in [2.45, 2.75) is 180 Å². The van der Waals surface area contributed by atoms with Crippen LogP contribution in [0.25, 0.3) is 0 Å². The van der Waals surface area contributed by atoms with Crippen LogP contribution < -0.4 is 5.73 Å². The Kier molecular flexibility index (Phi) is 28.5. The molecule has 282 valence electrons. The molecule has 0 aromatic heterocycles. The van der Waals surface area contributed by atoms with Crippen LogP contribution in [-0.2, 0) is 32.7 Å². The summed E-state index contributed by atoms with van der Waals surface area (Å²) < 4.78 is 32.7. The van der Waals surface area contributed by atoms with Gasteiger partial charge in [-0.3, -0.25) is 18.6 Å². The van der Waals surface area contributed by atoms with E-state index in [0.717, 1.165) is 63.2 Å². The molecule has 0 aromatic rings. The van der Waals surface area contributed by atoms with Crippen molar-refractivity contribution in [1.29, 1.82) is 0 Å². The Hall–Kier alpha value is -1.25. The molecule has 9 nitrogen and oxygen atoms in total. The fourth-order valence-electron chi connectivity index (χ4n) is 6.05. The van der Waals surface area contributed by atoms with Crippen LogP contribution in [0.15, 0.2) is 12.2 Å². The first-order valence-corrected chi connectivity index (χ1v) is 21.1. The molecule has 0 aliphatic heterocycles. The van der Waals surface area contributed by atoms with Crippen LogP contribution in [0.3, 0.4) is 0 Å². The van der Waals surface area contributed by atoms with Crippen LogP contribution in [0.1, 0.15) is 174 Å². The summed E-state index contributed by atoms with van der Waals surface area (Å²) in [6.45, 7) is 3.73. The summed E-state index contributed by atoms with van der Waals surface area (Å²) in [5, 5.41) is 0. The minimum absolute atomic E-state index is 0.0560. The van der Waals surface area contributed by atoms with Crippen molar-refractivity contribution in [2.75, 3.05) is 26.4 Å². The van der Waals surface area contributed by atoms with Crippen LogP contribution in [0.4, 0.5) is 0 Å². The quantitative estimate of drug-likeness (QED) is 0.0286. The molecule has 1 aliphatic carbocycles. The van der Waals surface area contributed by atoms with Gasteiger partial charge in [-0.25, -0.2) is 4.57 Å². The smallest absolute Gasteiger partial charge is 0.462 e. The fraction of sp³-hybridized carbons (Fsp3) is 0.895. The zero-order valence-electron chi connectivity index (χ0n) is 30.7. The molecule has 10 heteroatoms. The molecule has 4 atom stereocenters. The standard InChI is InChI=1S/C38H72NO8P/c1-3-5-7-9-10-11-12-13-14-15-16-19-23-27-37(40)44-32-36(33-46-48(42,43)45-30-29-39)47-38(41)28-24-20-17-18-22-26-35-31-34(35)25-21-8-6-4-2/h11-12,34-36H,3-10,13-33,39H2,1-2H3,(H,42,43)/b12-11-. The summed E-state index contributed by atoms with van der Waals surface area (Å²) >= 11 is 0. The second-order valence-corrected chi connectivity index (χ2v) is 15.2. The first-order valence-electron chi connectivity index (χ1n) is 19.6. The highest BCUT2D eigenvalue weighted by Gasteiger charge is 2.35. The first-order chi connectivity index (χ1) is 23.3. The Balaban J connectivity index is 2.22. The van der Waals surface area contributed by atoms with Gasteiger partial charge in [-0.2, -0.15) is 0 Å². The van der Waals surface area contributed by atoms with Gasteiger partial charge in [0.2, 0.25) is 0 Å². The Morgan fingerprint density at radius 3 is 1.79 bits per heavy atom. The van der Waals surface area contributed by atoms with Crippen LogP contribution in [0.2, 0.25) is 0 Å². The van der Waals surface area contributed by atoms with E-state index in [1.807, 2.05) is 0 Å². The number of carbonyl (C=O) groups is 2. The SMILES string of the molecule is CCCCCC/C=C\CCCCCCCC(=O)OCC(COP(=O)(O)OCCN)OC(=O)CCCCCCCC1CC1CCCCCC. The molecule has 3 N–H and O–H groups in total. The Morgan fingerprint density at radius 1 is 0.708 bits per heavy atom. The number of carbonyl (C=O) groups excluding carboxylic acids is 2. The highest BCUT2D eigenvalue weighted by Crippen LogP contribution is 2.46. The summed E-state index contributed by atoms with van der Waals surface area (Å²) in [5.74, 6) is 1.09. The normalized spacial score (nSPS) is 17.8. The summed E-state index contributed by atoms with van der Waals surface area (Å²) in [7, 11) is -4.37. The van der Waals surface area contributed by atoms with E-state index in [-0.39, 0.29) is 38.6 Å². The topological polar surface area (TPSA) is 134 Å². The maximum atomic E-state index is 12.6. The van der Waals surface area contributed by atoms with Crippen LogP contribution in [-0.4, -0.2) is 49.3 Å². The maximum Gasteiger partial charge on any atom is 0.472 e. The lowest BCUT2D eigenvalue weighted by Crippen LogP contribution is -2.29. The van der Waals surface area contributed by atoms with Gasteiger partial charge in [-0.05, 0) is 56.8 Å². The number of hydrogen-bond acceptors (Lipinski definition) is 8. The molecule has 0 amide bonds. The lowest BCUT2D eigenvalue weighted by molar-refractivity contribution is -0.161. The van der Waals surface area contributed by atoms with Crippen molar-refractivity contribution in [3.8, 4) is 0 Å². The molecular formula is C38H72NO8P. The van der Waals surface area contributed by atoms with Gasteiger partial charge >= 0.3 is 19.8 Å². The van der Waals surface area contributed by atoms with E-state index >= 15 is 0 Å². The third kappa shape index (κ3) is 27.6. The summed E-state index contributed by atoms with van der Waals surface area (Å²) in [5.41, 5.74) is 5.34. The van der Waals surface area contributed by atoms with E-state index in [4.69, 9.17) is 24.3 Å². The Morgan fingerprint density at radius 2 is 1.21 bits per heavy atom. The summed E-state index contributed by atoms with van der Waals surface area (Å²) in [6, 6.07) is 0. The van der Waals surface area contributed by atoms with Gasteiger partial charge in [-0.15, -0.1) is 0 Å². The van der Waals surface area contributed by atoms with Gasteiger partial charge in [-0.1, -0.05) is 129 Å². The molecule has 1 aliphatic rings. The number of unbranched alkanes of at least 4 members (excludes halogenated alkanes) is 16. The van der Waals surface area contributed by atoms with Gasteiger partial charge in [0.05, 0.1) is 13.2 Å². The predicted octanol–water partition coefficient (Wildman–Crippen LogP) is 10.1. The number of allylic oxidation sites excluding steroid dienone is 2. The molecule has 48 heavy (non-hydrogen) atoms. The van der Waals surface area contributed by atoms with Crippen molar-refractivity contribution in [3.05, 3.63) is 12.2 Å². The van der Waals surface area contributed by atoms with E-state index in [0.29, 0.717) is 6.42 Å². The maximum absolute atomic E-state index is 12.6. The Bertz CT molecular complexity index is 870. The largest absolute Gasteiger partial charge is 0.472 e. The van der Waals surface area contributed by atoms with E-state index in [1.54, 1.807) is 0 Å². The molecule has 1 saturated carbocycles. The molecular weight excluding hydrogens is 629 g/mol. The third-order valence-electron chi connectivity index (χ3n) is 9.12. The highest BCUT2D eigenvalue weighted by atomic mass is 31.2. The van der Waals surface area contributed by atoms with Crippen molar-refractivity contribution in [1.82, 2.24) is 0 Å². The number of esters is 2. The van der Waals surface area contributed by atoms with Gasteiger partial charge in [0.25, 0.3) is 0 Å². The molecule has 0 bridgehead atoms. The third-order valence-corrected chi connectivity index (χ3v) is 10.1. The molecule has 4 unspecified atom stereocenters. The van der Waals surface area contributed by atoms with Gasteiger partial charge in [0.1, 0.15) is 6.61 Å². The lowest BCUT2D eigenvalue weighted by Gasteiger charge is -2.19. The number of nitrogens with two attached hydrogens (primary N) is 1. The average Bonchev–Trinajstić information content (AvgIpc) is 3.82. The van der Waals surface area contributed by atoms with Crippen molar-refractivity contribution in [2.24, 2.45) is 17.6 Å². The van der Waals surface area contributed by atoms with E-state index in [2.05, 4.69) is 26.0 Å². The van der Waals surface area contributed by atoms with Crippen molar-refractivity contribution in [3.63, 3.8) is 0 Å². The van der Waals surface area contributed by atoms with Crippen LogP contribution in [0.5, 0.6) is 0 Å². The van der Waals surface area contributed by atoms with Crippen LogP contribution in [0, 0.1) is 11.8 Å². The van der Waals surface area contributed by atoms with Gasteiger partial charge in [0.15, 0.2) is 6.10 Å². The number of hydrogen-bond donors (Lipinski definition) is 2. The predicted molar refractivity (Wildman–Crippen MR) is 195 cm³/mol. The number of phosphoric acid groups is 1. The highest BCUT2D eigenvalue weighted by molar-refractivity contribution is 7.47. The molecule has 0 saturated heterocycles. The van der Waals surface area contributed by atoms with Gasteiger partial charge in [0, 0.05) is 19.4 Å². The zero-order chi connectivity index (χ0) is 35.1. The second-order valence-electron chi connectivity index (χ2n) is 13.7. The van der Waals surface area contributed by atoms with Gasteiger partial charge < -0.3 is 20.1 Å². The second kappa shape index (κ2) is 30.6. The van der Waals surface area contributed by atoms with E-state index < -0.39 is 26.5 Å².